The van der Waals surface area contributed by atoms with Crippen molar-refractivity contribution in [1.29, 1.82) is 0 Å². The topological polar surface area (TPSA) is 96.3 Å². The Morgan fingerprint density at radius 1 is 1.55 bits per heavy atom. The lowest BCUT2D eigenvalue weighted by Crippen LogP contribution is -2.34. The first-order valence-corrected chi connectivity index (χ1v) is 8.00. The summed E-state index contributed by atoms with van der Waals surface area (Å²) in [7, 11) is -0.369. The average molecular weight is 301 g/mol. The predicted octanol–water partition coefficient (Wildman–Crippen LogP) is -0.680. The number of fused-ring (bicyclic) bond motifs is 1. The van der Waals surface area contributed by atoms with Crippen molar-refractivity contribution in [3.8, 4) is 0 Å². The van der Waals surface area contributed by atoms with E-state index in [2.05, 4.69) is 15.6 Å². The second kappa shape index (κ2) is 5.80. The summed E-state index contributed by atoms with van der Waals surface area (Å²) in [5.74, 6) is 0.197. The lowest BCUT2D eigenvalue weighted by molar-refractivity contribution is 0.0951. The number of hydrogen-bond donors (Lipinski definition) is 2. The Labute approximate surface area is 118 Å². The molecule has 0 saturated heterocycles. The van der Waals surface area contributed by atoms with Gasteiger partial charge in [-0.1, -0.05) is 0 Å². The predicted molar refractivity (Wildman–Crippen MR) is 75.1 cm³/mol. The molecule has 0 aromatic carbocycles. The van der Waals surface area contributed by atoms with Gasteiger partial charge in [0.05, 0.1) is 5.75 Å². The van der Waals surface area contributed by atoms with Crippen LogP contribution in [-0.2, 0) is 16.6 Å². The minimum absolute atomic E-state index is 0.0645. The molecule has 1 aliphatic heterocycles. The standard InChI is InChI=1S/C11H19N5O3S/c1-15(2)20(18,19)7-5-12-10(17)9-8-16-6-3-4-13-11(16)14-9/h8H,3-7H2,1-2H3,(H,12,17)(H,13,14). The van der Waals surface area contributed by atoms with Gasteiger partial charge in [-0.05, 0) is 6.42 Å². The largest absolute Gasteiger partial charge is 0.356 e. The van der Waals surface area contributed by atoms with Gasteiger partial charge < -0.3 is 15.2 Å². The van der Waals surface area contributed by atoms with Crippen LogP contribution in [0, 0.1) is 0 Å². The summed E-state index contributed by atoms with van der Waals surface area (Å²) in [6, 6.07) is 0. The van der Waals surface area contributed by atoms with Gasteiger partial charge in [0, 0.05) is 39.9 Å². The number of aromatic nitrogens is 2. The zero-order valence-corrected chi connectivity index (χ0v) is 12.4. The van der Waals surface area contributed by atoms with Crippen LogP contribution in [0.3, 0.4) is 0 Å². The van der Waals surface area contributed by atoms with E-state index in [9.17, 15) is 13.2 Å². The minimum Gasteiger partial charge on any atom is -0.356 e. The van der Waals surface area contributed by atoms with Crippen LogP contribution in [0.4, 0.5) is 5.95 Å². The molecule has 1 aliphatic rings. The van der Waals surface area contributed by atoms with E-state index >= 15 is 0 Å². The van der Waals surface area contributed by atoms with Crippen molar-refractivity contribution in [1.82, 2.24) is 19.2 Å². The van der Waals surface area contributed by atoms with Crippen LogP contribution in [0.5, 0.6) is 0 Å². The van der Waals surface area contributed by atoms with Crippen molar-refractivity contribution in [3.63, 3.8) is 0 Å². The van der Waals surface area contributed by atoms with E-state index in [0.717, 1.165) is 23.8 Å². The van der Waals surface area contributed by atoms with E-state index in [1.54, 1.807) is 6.20 Å². The number of anilines is 1. The van der Waals surface area contributed by atoms with E-state index < -0.39 is 10.0 Å². The van der Waals surface area contributed by atoms with Crippen LogP contribution in [0.25, 0.3) is 0 Å². The minimum atomic E-state index is -3.30. The van der Waals surface area contributed by atoms with Gasteiger partial charge in [0.15, 0.2) is 0 Å². The number of sulfonamides is 1. The van der Waals surface area contributed by atoms with E-state index in [4.69, 9.17) is 0 Å². The molecule has 0 atom stereocenters. The Bertz CT molecular complexity index is 570. The average Bonchev–Trinajstić information content (AvgIpc) is 2.82. The Balaban J connectivity index is 1.91. The van der Waals surface area contributed by atoms with Crippen LogP contribution in [0.1, 0.15) is 16.9 Å². The molecule has 0 fully saturated rings. The van der Waals surface area contributed by atoms with Gasteiger partial charge in [-0.15, -0.1) is 0 Å². The molecule has 1 amide bonds. The number of carbonyl (C=O) groups is 1. The highest BCUT2D eigenvalue weighted by atomic mass is 32.2. The van der Waals surface area contributed by atoms with Gasteiger partial charge in [-0.3, -0.25) is 4.79 Å². The highest BCUT2D eigenvalue weighted by Gasteiger charge is 2.18. The van der Waals surface area contributed by atoms with Crippen molar-refractivity contribution in [2.75, 3.05) is 38.3 Å². The molecule has 20 heavy (non-hydrogen) atoms. The second-order valence-electron chi connectivity index (χ2n) is 4.78. The maximum absolute atomic E-state index is 11.9. The zero-order chi connectivity index (χ0) is 14.8. The molecule has 1 aromatic heterocycles. The number of hydrogen-bond acceptors (Lipinski definition) is 5. The van der Waals surface area contributed by atoms with Crippen LogP contribution >= 0.6 is 0 Å². The third kappa shape index (κ3) is 3.28. The SMILES string of the molecule is CN(C)S(=O)(=O)CCNC(=O)c1cn2c(n1)NCCC2. The number of amides is 1. The molecule has 1 aromatic rings. The molecule has 0 spiro atoms. The van der Waals surface area contributed by atoms with Gasteiger partial charge in [-0.25, -0.2) is 17.7 Å². The third-order valence-corrected chi connectivity index (χ3v) is 4.90. The van der Waals surface area contributed by atoms with Crippen molar-refractivity contribution in [2.24, 2.45) is 0 Å². The quantitative estimate of drug-likeness (QED) is 0.751. The fourth-order valence-corrected chi connectivity index (χ4v) is 2.58. The van der Waals surface area contributed by atoms with Gasteiger partial charge in [-0.2, -0.15) is 0 Å². The number of rotatable bonds is 5. The fourth-order valence-electron chi connectivity index (χ4n) is 1.85. The maximum Gasteiger partial charge on any atom is 0.271 e. The Morgan fingerprint density at radius 2 is 2.30 bits per heavy atom. The number of aryl methyl sites for hydroxylation is 1. The van der Waals surface area contributed by atoms with Crippen LogP contribution in [-0.4, -0.2) is 61.1 Å². The molecule has 0 aliphatic carbocycles. The summed E-state index contributed by atoms with van der Waals surface area (Å²) in [5.41, 5.74) is 0.302. The summed E-state index contributed by atoms with van der Waals surface area (Å²) in [6.07, 6.45) is 2.67. The fraction of sp³-hybridized carbons (Fsp3) is 0.636. The smallest absolute Gasteiger partial charge is 0.271 e. The number of imidazole rings is 1. The van der Waals surface area contributed by atoms with Gasteiger partial charge in [0.25, 0.3) is 5.91 Å². The molecule has 0 radical (unpaired) electrons. The lowest BCUT2D eigenvalue weighted by atomic mass is 10.4. The van der Waals surface area contributed by atoms with Crippen LogP contribution < -0.4 is 10.6 Å². The molecular weight excluding hydrogens is 282 g/mol. The first kappa shape index (κ1) is 14.8. The van der Waals surface area contributed by atoms with E-state index in [-0.39, 0.29) is 18.2 Å². The molecule has 2 rings (SSSR count). The van der Waals surface area contributed by atoms with Crippen molar-refractivity contribution in [2.45, 2.75) is 13.0 Å². The van der Waals surface area contributed by atoms with Crippen molar-refractivity contribution < 1.29 is 13.2 Å². The molecule has 8 nitrogen and oxygen atoms in total. The molecule has 2 heterocycles. The first-order chi connectivity index (χ1) is 9.40. The van der Waals surface area contributed by atoms with Gasteiger partial charge in [0.2, 0.25) is 16.0 Å². The number of carbonyl (C=O) groups excluding carboxylic acids is 1. The van der Waals surface area contributed by atoms with Gasteiger partial charge >= 0.3 is 0 Å². The summed E-state index contributed by atoms with van der Waals surface area (Å²) >= 11 is 0. The number of nitrogens with zero attached hydrogens (tertiary/aromatic N) is 3. The number of nitrogens with one attached hydrogen (secondary N) is 2. The molecular formula is C11H19N5O3S. The van der Waals surface area contributed by atoms with E-state index in [1.807, 2.05) is 4.57 Å². The second-order valence-corrected chi connectivity index (χ2v) is 7.08. The van der Waals surface area contributed by atoms with Gasteiger partial charge in [0.1, 0.15) is 5.69 Å². The summed E-state index contributed by atoms with van der Waals surface area (Å²) in [4.78, 5) is 16.1. The highest BCUT2D eigenvalue weighted by Crippen LogP contribution is 2.13. The highest BCUT2D eigenvalue weighted by molar-refractivity contribution is 7.89. The normalized spacial score (nSPS) is 14.8. The molecule has 0 unspecified atom stereocenters. The lowest BCUT2D eigenvalue weighted by Gasteiger charge is -2.14. The Kier molecular flexibility index (Phi) is 4.29. The zero-order valence-electron chi connectivity index (χ0n) is 11.6. The maximum atomic E-state index is 11.9. The summed E-state index contributed by atoms with van der Waals surface area (Å²) in [5, 5.41) is 5.67. The summed E-state index contributed by atoms with van der Waals surface area (Å²) < 4.78 is 26.1. The van der Waals surface area contributed by atoms with Crippen LogP contribution in [0.15, 0.2) is 6.20 Å². The van der Waals surface area contributed by atoms with Crippen molar-refractivity contribution >= 4 is 21.9 Å². The molecule has 9 heteroatoms. The third-order valence-electron chi connectivity index (χ3n) is 3.07. The molecule has 0 bridgehead atoms. The Hall–Kier alpha value is -1.61. The first-order valence-electron chi connectivity index (χ1n) is 6.39. The van der Waals surface area contributed by atoms with Crippen molar-refractivity contribution in [3.05, 3.63) is 11.9 Å². The van der Waals surface area contributed by atoms with E-state index in [0.29, 0.717) is 11.6 Å². The summed E-state index contributed by atoms with van der Waals surface area (Å²) in [6.45, 7) is 1.74. The molecule has 112 valence electrons. The van der Waals surface area contributed by atoms with E-state index in [1.165, 1.54) is 14.1 Å². The monoisotopic (exact) mass is 301 g/mol. The van der Waals surface area contributed by atoms with Crippen LogP contribution in [0.2, 0.25) is 0 Å². The molecule has 0 saturated carbocycles. The Morgan fingerprint density at radius 3 is 2.95 bits per heavy atom. The molecule has 2 N–H and O–H groups in total.